The van der Waals surface area contributed by atoms with Crippen molar-refractivity contribution in [2.45, 2.75) is 103 Å². The first kappa shape index (κ1) is 55.6. The van der Waals surface area contributed by atoms with E-state index in [1.807, 2.05) is 0 Å². The predicted molar refractivity (Wildman–Crippen MR) is 100 cm³/mol. The van der Waals surface area contributed by atoms with Gasteiger partial charge in [0.25, 0.3) is 0 Å². The Balaban J connectivity index is 7.56. The van der Waals surface area contributed by atoms with Crippen molar-refractivity contribution in [3.05, 3.63) is 0 Å². The van der Waals surface area contributed by atoms with Gasteiger partial charge in [0, 0.05) is 0 Å². The minimum atomic E-state index is -8.95. The van der Waals surface area contributed by atoms with E-state index in [-0.39, 0.29) is 0 Å². The number of halogens is 34. The molecule has 4 unspecified atom stereocenters. The lowest BCUT2D eigenvalue weighted by atomic mass is 9.91. The second-order valence-electron chi connectivity index (χ2n) is 10.1. The van der Waals surface area contributed by atoms with Crippen molar-refractivity contribution in [1.29, 1.82) is 0 Å². The summed E-state index contributed by atoms with van der Waals surface area (Å²) in [5.41, 5.74) is -8.43. The molecule has 0 aromatic rings. The van der Waals surface area contributed by atoms with Gasteiger partial charge in [-0.3, -0.25) is 14.2 Å². The zero-order chi connectivity index (χ0) is 48.7. The van der Waals surface area contributed by atoms with Gasteiger partial charge in [0.15, 0.2) is 0 Å². The van der Waals surface area contributed by atoms with Gasteiger partial charge in [-0.05, 0) is 0 Å². The number of carbonyl (C=O) groups excluding carboxylic acids is 2. The Morgan fingerprint density at radius 1 is 0.322 bits per heavy atom. The molecule has 0 aliphatic rings. The topological polar surface area (TPSA) is 71.1 Å². The van der Waals surface area contributed by atoms with Gasteiger partial charge in [0.05, 0.1) is 6.42 Å². The van der Waals surface area contributed by atoms with Crippen molar-refractivity contribution in [1.82, 2.24) is 0 Å². The molecule has 4 atom stereocenters. The van der Waals surface area contributed by atoms with Crippen LogP contribution in [0.5, 0.6) is 0 Å². The van der Waals surface area contributed by atoms with Gasteiger partial charge in [-0.25, -0.2) is 14.0 Å². The number of alkyl halides is 34. The summed E-state index contributed by atoms with van der Waals surface area (Å²) < 4.78 is 454. The first-order valence-corrected chi connectivity index (χ1v) is 12.2. The molecule has 0 fully saturated rings. The van der Waals surface area contributed by atoms with E-state index >= 15 is 0 Å². The lowest BCUT2D eigenvalue weighted by Gasteiger charge is -2.40. The van der Waals surface area contributed by atoms with Crippen LogP contribution >= 0.6 is 0 Å². The van der Waals surface area contributed by atoms with E-state index in [1.54, 1.807) is 4.74 Å². The first-order valence-electron chi connectivity index (χ1n) is 12.2. The summed E-state index contributed by atoms with van der Waals surface area (Å²) in [7, 11) is 0. The monoisotopic (exact) mass is 972 g/mol. The van der Waals surface area contributed by atoms with Crippen LogP contribution in [0.25, 0.3) is 0 Å². The lowest BCUT2D eigenvalue weighted by Crippen LogP contribution is -2.68. The molecule has 0 aromatic heterocycles. The van der Waals surface area contributed by atoms with Crippen LogP contribution in [0, 0.1) is 0 Å². The van der Waals surface area contributed by atoms with E-state index in [2.05, 4.69) is 0 Å². The molecule has 0 saturated heterocycles. The maximum atomic E-state index is 14.5. The highest BCUT2D eigenvalue weighted by Gasteiger charge is 2.87. The molecule has 352 valence electrons. The molecule has 0 saturated carbocycles. The fourth-order valence-corrected chi connectivity index (χ4v) is 2.83. The van der Waals surface area contributed by atoms with E-state index in [0.717, 1.165) is 9.47 Å². The molecule has 6 nitrogen and oxygen atoms in total. The minimum absolute atomic E-state index is 0.927. The summed E-state index contributed by atoms with van der Waals surface area (Å²) in [6.45, 7) is 0. The largest absolute Gasteiger partial charge is 0.462 e. The molecule has 0 rings (SSSR count). The number of rotatable bonds is 14. The van der Waals surface area contributed by atoms with E-state index in [9.17, 15) is 159 Å². The smallest absolute Gasteiger partial charge is 0.384 e. The fourth-order valence-electron chi connectivity index (χ4n) is 2.83. The average Bonchev–Trinajstić information content (AvgIpc) is 2.91. The van der Waals surface area contributed by atoms with Crippen LogP contribution in [-0.2, 0) is 28.5 Å². The molecule has 0 spiro atoms. The summed E-state index contributed by atoms with van der Waals surface area (Å²) in [5, 5.41) is 0. The van der Waals surface area contributed by atoms with Crippen LogP contribution in [-0.4, -0.2) is 108 Å². The molecule has 0 heterocycles. The molecule has 0 aliphatic heterocycles. The van der Waals surface area contributed by atoms with Gasteiger partial charge >= 0.3 is 108 Å². The van der Waals surface area contributed by atoms with Crippen molar-refractivity contribution >= 4 is 11.9 Å². The first-order chi connectivity index (χ1) is 24.9. The maximum Gasteiger partial charge on any atom is 0.462 e. The Hall–Kier alpha value is -3.36. The van der Waals surface area contributed by atoms with E-state index in [4.69, 9.17) is 0 Å². The van der Waals surface area contributed by atoms with Gasteiger partial charge in [0.1, 0.15) is 0 Å². The zero-order valence-electron chi connectivity index (χ0n) is 25.0. The Morgan fingerprint density at radius 3 is 0.881 bits per heavy atom. The third-order valence-corrected chi connectivity index (χ3v) is 5.90. The van der Waals surface area contributed by atoms with Crippen LogP contribution in [0.3, 0.4) is 0 Å². The third kappa shape index (κ3) is 9.44. The molecular formula is C19H2F34O6. The summed E-state index contributed by atoms with van der Waals surface area (Å²) in [5.74, 6) is -61.9. The van der Waals surface area contributed by atoms with Crippen molar-refractivity contribution < 1.29 is 178 Å². The van der Waals surface area contributed by atoms with Gasteiger partial charge in [-0.1, -0.05) is 0 Å². The third-order valence-electron chi connectivity index (χ3n) is 5.90. The number of carbonyl (C=O) groups is 2. The highest BCUT2D eigenvalue weighted by molar-refractivity contribution is 5.93. The Bertz CT molecular complexity index is 1420. The summed E-state index contributed by atoms with van der Waals surface area (Å²) >= 11 is 0. The molecule has 0 aromatic carbocycles. The Kier molecular flexibility index (Phi) is 13.8. The number of ether oxygens (including phenoxy) is 4. The van der Waals surface area contributed by atoms with Gasteiger partial charge in [-0.15, -0.1) is 0 Å². The van der Waals surface area contributed by atoms with E-state index in [0.29, 0.717) is 0 Å². The van der Waals surface area contributed by atoms with Crippen molar-refractivity contribution in [2.24, 2.45) is 0 Å². The van der Waals surface area contributed by atoms with E-state index in [1.165, 1.54) is 4.74 Å². The highest BCUT2D eigenvalue weighted by atomic mass is 19.5. The van der Waals surface area contributed by atoms with Crippen LogP contribution in [0.2, 0.25) is 0 Å². The Morgan fingerprint density at radius 2 is 0.627 bits per heavy atom. The minimum Gasteiger partial charge on any atom is -0.384 e. The highest BCUT2D eigenvalue weighted by Crippen LogP contribution is 2.60. The van der Waals surface area contributed by atoms with E-state index < -0.39 is 115 Å². The van der Waals surface area contributed by atoms with Gasteiger partial charge in [-0.2, -0.15) is 145 Å². The normalized spacial score (nSPS) is 19.6. The summed E-state index contributed by atoms with van der Waals surface area (Å²) in [4.78, 5) is 22.9. The second kappa shape index (κ2) is 14.6. The SMILES string of the molecule is O=C(OC(=O)C(F)(OC(F)(F)C(F)(OC(F)(F)C(F)(F)C(F)(F)F)C(F)(F)F)C(F)(F)F)C(F)(OC(F)(F)C(F)(CC(F)(F)C(F)(F)C(F)(F)F)C(F)(F)F)C(F)(F)F. The molecule has 59 heavy (non-hydrogen) atoms. The Labute approximate surface area is 294 Å². The molecule has 0 bridgehead atoms. The van der Waals surface area contributed by atoms with Crippen molar-refractivity contribution in [3.8, 4) is 0 Å². The number of hydrogen-bond acceptors (Lipinski definition) is 6. The summed E-state index contributed by atoms with van der Waals surface area (Å²) in [6.07, 6.45) is -82.0. The molecule has 0 radical (unpaired) electrons. The van der Waals surface area contributed by atoms with Crippen LogP contribution in [0.4, 0.5) is 149 Å². The fraction of sp³-hybridized carbons (Fsp3) is 0.895. The number of esters is 2. The van der Waals surface area contributed by atoms with Crippen LogP contribution in [0.15, 0.2) is 0 Å². The molecular weight excluding hydrogens is 970 g/mol. The van der Waals surface area contributed by atoms with Gasteiger partial charge < -0.3 is 4.74 Å². The van der Waals surface area contributed by atoms with Crippen molar-refractivity contribution in [2.75, 3.05) is 0 Å². The van der Waals surface area contributed by atoms with Gasteiger partial charge in [0.2, 0.25) is 0 Å². The maximum absolute atomic E-state index is 14.5. The molecule has 0 N–H and O–H groups in total. The standard InChI is InChI=1S/C19H2F34O6/c20-4(11(30,31)32,1-5(21,22)8(25,26)14(39,40)41)17(48,49)57-6(23,12(33,34)35)2(54)56-3(55)7(24,13(36,37)38)58-19(52,53)10(29,16(45,46)47)59-18(50,51)9(27,28)15(42,43)44/h1H2. The van der Waals surface area contributed by atoms with Crippen molar-refractivity contribution in [3.63, 3.8) is 0 Å². The molecule has 0 aliphatic carbocycles. The molecule has 0 amide bonds. The quantitative estimate of drug-likeness (QED) is 0.0982. The predicted octanol–water partition coefficient (Wildman–Crippen LogP) is 10.3. The lowest BCUT2D eigenvalue weighted by molar-refractivity contribution is -0.548. The van der Waals surface area contributed by atoms with Crippen LogP contribution in [0.1, 0.15) is 6.42 Å². The van der Waals surface area contributed by atoms with Crippen LogP contribution < -0.4 is 0 Å². The second-order valence-corrected chi connectivity index (χ2v) is 10.1. The zero-order valence-corrected chi connectivity index (χ0v) is 25.0. The molecule has 40 heteroatoms. The summed E-state index contributed by atoms with van der Waals surface area (Å²) in [6, 6.07) is 0. The number of hydrogen-bond donors (Lipinski definition) is 0. The average molecular weight is 972 g/mol.